The van der Waals surface area contributed by atoms with E-state index in [4.69, 9.17) is 0 Å². The molecule has 25 heavy (non-hydrogen) atoms. The number of nitrogens with one attached hydrogen (secondary N) is 1. The Balaban J connectivity index is 1.76. The van der Waals surface area contributed by atoms with Crippen molar-refractivity contribution >= 4 is 10.0 Å². The summed E-state index contributed by atoms with van der Waals surface area (Å²) in [5.74, 6) is 0. The van der Waals surface area contributed by atoms with E-state index in [9.17, 15) is 8.42 Å². The maximum absolute atomic E-state index is 12.8. The van der Waals surface area contributed by atoms with Crippen molar-refractivity contribution in [2.45, 2.75) is 37.1 Å². The predicted molar refractivity (Wildman–Crippen MR) is 101 cm³/mol. The molecule has 2 aromatic carbocycles. The van der Waals surface area contributed by atoms with Gasteiger partial charge in [0, 0.05) is 12.6 Å². The average Bonchev–Trinajstić information content (AvgIpc) is 3.09. The summed E-state index contributed by atoms with van der Waals surface area (Å²) in [6.45, 7) is 4.81. The van der Waals surface area contributed by atoms with Crippen LogP contribution in [0, 0.1) is 6.92 Å². The van der Waals surface area contributed by atoms with Gasteiger partial charge in [0.15, 0.2) is 0 Å². The van der Waals surface area contributed by atoms with Crippen LogP contribution in [0.5, 0.6) is 0 Å². The highest BCUT2D eigenvalue weighted by atomic mass is 32.2. The molecule has 1 atom stereocenters. The maximum atomic E-state index is 12.8. The number of hydrogen-bond acceptors (Lipinski definition) is 3. The third-order valence-electron chi connectivity index (χ3n) is 4.66. The first kappa shape index (κ1) is 18.1. The summed E-state index contributed by atoms with van der Waals surface area (Å²) in [7, 11) is -3.51. The minimum atomic E-state index is -3.51. The monoisotopic (exact) mass is 358 g/mol. The molecule has 0 spiro atoms. The highest BCUT2D eigenvalue weighted by Gasteiger charge is 2.23. The topological polar surface area (TPSA) is 49.4 Å². The number of aryl methyl sites for hydroxylation is 1. The van der Waals surface area contributed by atoms with E-state index in [1.807, 2.05) is 37.3 Å². The third kappa shape index (κ3) is 5.14. The predicted octanol–water partition coefficient (Wildman–Crippen LogP) is 2.98. The molecule has 134 valence electrons. The van der Waals surface area contributed by atoms with E-state index in [0.717, 1.165) is 30.8 Å². The Labute approximate surface area is 150 Å². The van der Waals surface area contributed by atoms with Gasteiger partial charge in [0.2, 0.25) is 10.0 Å². The number of hydrogen-bond donors (Lipinski definition) is 1. The zero-order chi connectivity index (χ0) is 17.7. The molecule has 0 radical (unpaired) electrons. The summed E-state index contributed by atoms with van der Waals surface area (Å²) < 4.78 is 28.5. The normalized spacial score (nSPS) is 16.8. The van der Waals surface area contributed by atoms with Crippen LogP contribution < -0.4 is 4.72 Å². The molecule has 3 rings (SSSR count). The molecule has 1 fully saturated rings. The van der Waals surface area contributed by atoms with E-state index >= 15 is 0 Å². The lowest BCUT2D eigenvalue weighted by atomic mass is 10.1. The quantitative estimate of drug-likeness (QED) is 0.828. The van der Waals surface area contributed by atoms with E-state index in [1.54, 1.807) is 12.1 Å². The second kappa shape index (κ2) is 8.13. The highest BCUT2D eigenvalue weighted by molar-refractivity contribution is 7.89. The van der Waals surface area contributed by atoms with Crippen LogP contribution >= 0.6 is 0 Å². The van der Waals surface area contributed by atoms with Gasteiger partial charge >= 0.3 is 0 Å². The molecule has 0 amide bonds. The first-order chi connectivity index (χ1) is 12.0. The van der Waals surface area contributed by atoms with Crippen molar-refractivity contribution in [2.75, 3.05) is 19.6 Å². The number of likely N-dealkylation sites (tertiary alicyclic amines) is 1. The van der Waals surface area contributed by atoms with Crippen LogP contribution in [0.4, 0.5) is 0 Å². The van der Waals surface area contributed by atoms with E-state index < -0.39 is 10.0 Å². The summed E-state index contributed by atoms with van der Waals surface area (Å²) in [6, 6.07) is 17.0. The molecule has 5 heteroatoms. The van der Waals surface area contributed by atoms with E-state index in [0.29, 0.717) is 11.3 Å². The van der Waals surface area contributed by atoms with Gasteiger partial charge < -0.3 is 4.90 Å². The molecule has 1 heterocycles. The summed E-state index contributed by atoms with van der Waals surface area (Å²) in [5, 5.41) is 0. The molecule has 0 unspecified atom stereocenters. The van der Waals surface area contributed by atoms with Crippen LogP contribution in [0.3, 0.4) is 0 Å². The minimum absolute atomic E-state index is 0.133. The molecule has 1 aliphatic rings. The SMILES string of the molecule is Cc1ccc(S(=O)(=O)N[C@@H](Cc2ccccc2)CN2CCCC2)cc1. The molecule has 0 bridgehead atoms. The molecule has 0 saturated carbocycles. The zero-order valence-corrected chi connectivity index (χ0v) is 15.5. The molecule has 1 saturated heterocycles. The molecule has 4 nitrogen and oxygen atoms in total. The standard InChI is InChI=1S/C20H26N2O2S/c1-17-9-11-20(12-10-17)25(23,24)21-19(16-22-13-5-6-14-22)15-18-7-3-2-4-8-18/h2-4,7-12,19,21H,5-6,13-16H2,1H3/t19-/m0/s1. The van der Waals surface area contributed by atoms with Crippen molar-refractivity contribution in [3.05, 3.63) is 65.7 Å². The number of rotatable bonds is 7. The second-order valence-corrected chi connectivity index (χ2v) is 8.54. The summed E-state index contributed by atoms with van der Waals surface area (Å²) >= 11 is 0. The van der Waals surface area contributed by atoms with Gasteiger partial charge in [0.25, 0.3) is 0 Å². The molecular weight excluding hydrogens is 332 g/mol. The van der Waals surface area contributed by atoms with Gasteiger partial charge in [-0.2, -0.15) is 0 Å². The Kier molecular flexibility index (Phi) is 5.89. The van der Waals surface area contributed by atoms with Crippen LogP contribution in [-0.4, -0.2) is 39.0 Å². The van der Waals surface area contributed by atoms with Crippen LogP contribution in [-0.2, 0) is 16.4 Å². The van der Waals surface area contributed by atoms with Gasteiger partial charge in [-0.3, -0.25) is 0 Å². The lowest BCUT2D eigenvalue weighted by Crippen LogP contribution is -2.44. The van der Waals surface area contributed by atoms with Crippen LogP contribution in [0.2, 0.25) is 0 Å². The minimum Gasteiger partial charge on any atom is -0.302 e. The molecule has 0 aromatic heterocycles. The summed E-state index contributed by atoms with van der Waals surface area (Å²) in [5.41, 5.74) is 2.20. The molecular formula is C20H26N2O2S. The second-order valence-electron chi connectivity index (χ2n) is 6.83. The largest absolute Gasteiger partial charge is 0.302 e. The lowest BCUT2D eigenvalue weighted by Gasteiger charge is -2.24. The van der Waals surface area contributed by atoms with Gasteiger partial charge in [0.1, 0.15) is 0 Å². The van der Waals surface area contributed by atoms with Gasteiger partial charge in [0.05, 0.1) is 4.90 Å². The third-order valence-corrected chi connectivity index (χ3v) is 6.19. The maximum Gasteiger partial charge on any atom is 0.240 e. The van der Waals surface area contributed by atoms with E-state index in [2.05, 4.69) is 21.8 Å². The molecule has 1 N–H and O–H groups in total. The van der Waals surface area contributed by atoms with Crippen molar-refractivity contribution in [3.63, 3.8) is 0 Å². The van der Waals surface area contributed by atoms with Crippen LogP contribution in [0.25, 0.3) is 0 Å². The van der Waals surface area contributed by atoms with Crippen molar-refractivity contribution in [1.29, 1.82) is 0 Å². The Bertz CT molecular complexity index is 767. The van der Waals surface area contributed by atoms with E-state index in [1.165, 1.54) is 12.8 Å². The number of sulfonamides is 1. The zero-order valence-electron chi connectivity index (χ0n) is 14.7. The Morgan fingerprint density at radius 3 is 2.28 bits per heavy atom. The van der Waals surface area contributed by atoms with Gasteiger partial charge in [-0.25, -0.2) is 13.1 Å². The Hall–Kier alpha value is -1.69. The fourth-order valence-electron chi connectivity index (χ4n) is 3.32. The van der Waals surface area contributed by atoms with Gasteiger partial charge in [-0.15, -0.1) is 0 Å². The highest BCUT2D eigenvalue weighted by Crippen LogP contribution is 2.15. The molecule has 1 aliphatic heterocycles. The number of benzene rings is 2. The van der Waals surface area contributed by atoms with Crippen LogP contribution in [0.15, 0.2) is 59.5 Å². The Morgan fingerprint density at radius 1 is 1.00 bits per heavy atom. The number of nitrogens with zero attached hydrogens (tertiary/aromatic N) is 1. The fraction of sp³-hybridized carbons (Fsp3) is 0.400. The average molecular weight is 359 g/mol. The fourth-order valence-corrected chi connectivity index (χ4v) is 4.55. The van der Waals surface area contributed by atoms with Gasteiger partial charge in [-0.05, 0) is 57.0 Å². The first-order valence-corrected chi connectivity index (χ1v) is 10.4. The lowest BCUT2D eigenvalue weighted by molar-refractivity contribution is 0.304. The van der Waals surface area contributed by atoms with Crippen molar-refractivity contribution < 1.29 is 8.42 Å². The van der Waals surface area contributed by atoms with Gasteiger partial charge in [-0.1, -0.05) is 48.0 Å². The summed E-state index contributed by atoms with van der Waals surface area (Å²) in [4.78, 5) is 2.68. The molecule has 2 aromatic rings. The van der Waals surface area contributed by atoms with Crippen molar-refractivity contribution in [1.82, 2.24) is 9.62 Å². The van der Waals surface area contributed by atoms with Crippen molar-refractivity contribution in [3.8, 4) is 0 Å². The van der Waals surface area contributed by atoms with Crippen LogP contribution in [0.1, 0.15) is 24.0 Å². The first-order valence-electron chi connectivity index (χ1n) is 8.88. The van der Waals surface area contributed by atoms with E-state index in [-0.39, 0.29) is 6.04 Å². The smallest absolute Gasteiger partial charge is 0.240 e. The Morgan fingerprint density at radius 2 is 1.64 bits per heavy atom. The van der Waals surface area contributed by atoms with Crippen molar-refractivity contribution in [2.24, 2.45) is 0 Å². The summed E-state index contributed by atoms with van der Waals surface area (Å²) in [6.07, 6.45) is 3.09. The molecule has 0 aliphatic carbocycles.